The summed E-state index contributed by atoms with van der Waals surface area (Å²) in [5.74, 6) is 6.23. The SMILES string of the molecule is CCC1CCCC(NC(=O)c2ccc(C)cc2NN)C1. The van der Waals surface area contributed by atoms with Crippen molar-refractivity contribution >= 4 is 11.6 Å². The summed E-state index contributed by atoms with van der Waals surface area (Å²) in [5, 5.41) is 3.16. The van der Waals surface area contributed by atoms with Gasteiger partial charge in [0.05, 0.1) is 11.3 Å². The monoisotopic (exact) mass is 275 g/mol. The average Bonchev–Trinajstić information content (AvgIpc) is 2.47. The highest BCUT2D eigenvalue weighted by Gasteiger charge is 2.23. The number of nitrogen functional groups attached to an aromatic ring is 1. The number of carbonyl (C=O) groups is 1. The summed E-state index contributed by atoms with van der Waals surface area (Å²) < 4.78 is 0. The zero-order valence-electron chi connectivity index (χ0n) is 12.4. The van der Waals surface area contributed by atoms with E-state index >= 15 is 0 Å². The zero-order valence-corrected chi connectivity index (χ0v) is 12.4. The third-order valence-electron chi connectivity index (χ3n) is 4.27. The third kappa shape index (κ3) is 3.51. The Labute approximate surface area is 121 Å². The Balaban J connectivity index is 2.04. The summed E-state index contributed by atoms with van der Waals surface area (Å²) in [6, 6.07) is 5.96. The molecule has 20 heavy (non-hydrogen) atoms. The van der Waals surface area contributed by atoms with Crippen molar-refractivity contribution in [3.8, 4) is 0 Å². The minimum absolute atomic E-state index is 0.0281. The number of rotatable bonds is 4. The molecule has 4 nitrogen and oxygen atoms in total. The number of hydrazine groups is 1. The van der Waals surface area contributed by atoms with Crippen LogP contribution in [0.1, 0.15) is 54.9 Å². The number of hydrogen-bond acceptors (Lipinski definition) is 3. The quantitative estimate of drug-likeness (QED) is 0.584. The Morgan fingerprint density at radius 3 is 2.90 bits per heavy atom. The maximum absolute atomic E-state index is 12.4. The molecule has 110 valence electrons. The lowest BCUT2D eigenvalue weighted by Crippen LogP contribution is -2.38. The van der Waals surface area contributed by atoms with Crippen LogP contribution < -0.4 is 16.6 Å². The summed E-state index contributed by atoms with van der Waals surface area (Å²) >= 11 is 0. The maximum Gasteiger partial charge on any atom is 0.253 e. The molecule has 0 bridgehead atoms. The molecule has 0 heterocycles. The van der Waals surface area contributed by atoms with Crippen LogP contribution in [-0.4, -0.2) is 11.9 Å². The normalized spacial score (nSPS) is 22.4. The van der Waals surface area contributed by atoms with Crippen molar-refractivity contribution in [1.82, 2.24) is 5.32 Å². The molecule has 1 amide bonds. The molecule has 1 aromatic rings. The van der Waals surface area contributed by atoms with E-state index < -0.39 is 0 Å². The number of nitrogens with one attached hydrogen (secondary N) is 2. The number of amides is 1. The van der Waals surface area contributed by atoms with Crippen LogP contribution in [0.25, 0.3) is 0 Å². The van der Waals surface area contributed by atoms with Crippen molar-refractivity contribution in [1.29, 1.82) is 0 Å². The topological polar surface area (TPSA) is 67.2 Å². The average molecular weight is 275 g/mol. The highest BCUT2D eigenvalue weighted by molar-refractivity contribution is 5.99. The number of anilines is 1. The van der Waals surface area contributed by atoms with Crippen LogP contribution >= 0.6 is 0 Å². The molecule has 1 aliphatic rings. The smallest absolute Gasteiger partial charge is 0.253 e. The Hall–Kier alpha value is -1.55. The van der Waals surface area contributed by atoms with E-state index in [0.29, 0.717) is 17.3 Å². The van der Waals surface area contributed by atoms with E-state index in [-0.39, 0.29) is 5.91 Å². The largest absolute Gasteiger partial charge is 0.349 e. The van der Waals surface area contributed by atoms with Crippen LogP contribution in [0.15, 0.2) is 18.2 Å². The Morgan fingerprint density at radius 1 is 1.40 bits per heavy atom. The van der Waals surface area contributed by atoms with Crippen molar-refractivity contribution < 1.29 is 4.79 Å². The van der Waals surface area contributed by atoms with E-state index in [9.17, 15) is 4.79 Å². The lowest BCUT2D eigenvalue weighted by molar-refractivity contribution is 0.0920. The molecule has 0 saturated heterocycles. The first-order valence-electron chi connectivity index (χ1n) is 7.52. The predicted octanol–water partition coefficient (Wildman–Crippen LogP) is 2.98. The molecule has 1 aromatic carbocycles. The molecule has 4 heteroatoms. The molecular weight excluding hydrogens is 250 g/mol. The first-order valence-corrected chi connectivity index (χ1v) is 7.52. The molecule has 1 aliphatic carbocycles. The van der Waals surface area contributed by atoms with Gasteiger partial charge in [-0.15, -0.1) is 0 Å². The molecule has 2 rings (SSSR count). The molecule has 2 atom stereocenters. The predicted molar refractivity (Wildman–Crippen MR) is 82.5 cm³/mol. The van der Waals surface area contributed by atoms with Crippen molar-refractivity contribution in [2.24, 2.45) is 11.8 Å². The highest BCUT2D eigenvalue weighted by Crippen LogP contribution is 2.27. The van der Waals surface area contributed by atoms with E-state index in [0.717, 1.165) is 24.3 Å². The summed E-state index contributed by atoms with van der Waals surface area (Å²) in [6.07, 6.45) is 5.88. The number of nitrogens with two attached hydrogens (primary N) is 1. The van der Waals surface area contributed by atoms with E-state index in [2.05, 4.69) is 17.7 Å². The molecular formula is C16H25N3O. The fraction of sp³-hybridized carbons (Fsp3) is 0.562. The summed E-state index contributed by atoms with van der Waals surface area (Å²) in [7, 11) is 0. The Bertz CT molecular complexity index is 473. The Morgan fingerprint density at radius 2 is 2.20 bits per heavy atom. The van der Waals surface area contributed by atoms with Crippen LogP contribution in [0.5, 0.6) is 0 Å². The van der Waals surface area contributed by atoms with Gasteiger partial charge in [0.15, 0.2) is 0 Å². The summed E-state index contributed by atoms with van der Waals surface area (Å²) in [5.41, 5.74) is 5.00. The fourth-order valence-electron chi connectivity index (χ4n) is 3.03. The maximum atomic E-state index is 12.4. The standard InChI is InChI=1S/C16H25N3O/c1-3-12-5-4-6-13(10-12)18-16(20)14-8-7-11(2)9-15(14)19-17/h7-9,12-13,19H,3-6,10,17H2,1-2H3,(H,18,20). The van der Waals surface area contributed by atoms with Gasteiger partial charge in [-0.1, -0.05) is 32.3 Å². The molecule has 2 unspecified atom stereocenters. The van der Waals surface area contributed by atoms with E-state index in [1.807, 2.05) is 25.1 Å². The van der Waals surface area contributed by atoms with Gasteiger partial charge in [-0.25, -0.2) is 0 Å². The second kappa shape index (κ2) is 6.75. The van der Waals surface area contributed by atoms with Gasteiger partial charge in [-0.3, -0.25) is 10.6 Å². The lowest BCUT2D eigenvalue weighted by atomic mass is 9.84. The number of hydrogen-bond donors (Lipinski definition) is 3. The molecule has 1 fully saturated rings. The highest BCUT2D eigenvalue weighted by atomic mass is 16.1. The van der Waals surface area contributed by atoms with Crippen LogP contribution in [0, 0.1) is 12.8 Å². The minimum Gasteiger partial charge on any atom is -0.349 e. The fourth-order valence-corrected chi connectivity index (χ4v) is 3.03. The van der Waals surface area contributed by atoms with Gasteiger partial charge in [0.2, 0.25) is 0 Å². The van der Waals surface area contributed by atoms with E-state index in [4.69, 9.17) is 5.84 Å². The van der Waals surface area contributed by atoms with E-state index in [1.165, 1.54) is 19.3 Å². The minimum atomic E-state index is -0.0281. The van der Waals surface area contributed by atoms with Crippen molar-refractivity contribution in [2.75, 3.05) is 5.43 Å². The van der Waals surface area contributed by atoms with Crippen LogP contribution in [0.2, 0.25) is 0 Å². The lowest BCUT2D eigenvalue weighted by Gasteiger charge is -2.29. The molecule has 0 radical (unpaired) electrons. The molecule has 0 aliphatic heterocycles. The first-order chi connectivity index (χ1) is 9.63. The summed E-state index contributed by atoms with van der Waals surface area (Å²) in [4.78, 5) is 12.4. The molecule has 4 N–H and O–H groups in total. The van der Waals surface area contributed by atoms with Gasteiger partial charge in [-0.05, 0) is 43.4 Å². The number of benzene rings is 1. The van der Waals surface area contributed by atoms with Crippen molar-refractivity contribution in [3.05, 3.63) is 29.3 Å². The summed E-state index contributed by atoms with van der Waals surface area (Å²) in [6.45, 7) is 4.21. The van der Waals surface area contributed by atoms with E-state index in [1.54, 1.807) is 0 Å². The van der Waals surface area contributed by atoms with Gasteiger partial charge in [0.1, 0.15) is 0 Å². The first kappa shape index (κ1) is 14.9. The second-order valence-corrected chi connectivity index (χ2v) is 5.80. The molecule has 0 spiro atoms. The van der Waals surface area contributed by atoms with Gasteiger partial charge in [0.25, 0.3) is 5.91 Å². The van der Waals surface area contributed by atoms with Crippen molar-refractivity contribution in [3.63, 3.8) is 0 Å². The second-order valence-electron chi connectivity index (χ2n) is 5.80. The number of carbonyl (C=O) groups excluding carboxylic acids is 1. The Kier molecular flexibility index (Phi) is 5.01. The van der Waals surface area contributed by atoms with Crippen LogP contribution in [-0.2, 0) is 0 Å². The zero-order chi connectivity index (χ0) is 14.5. The van der Waals surface area contributed by atoms with Crippen LogP contribution in [0.3, 0.4) is 0 Å². The van der Waals surface area contributed by atoms with Crippen molar-refractivity contribution in [2.45, 2.75) is 52.0 Å². The van der Waals surface area contributed by atoms with Crippen LogP contribution in [0.4, 0.5) is 5.69 Å². The van der Waals surface area contributed by atoms with Gasteiger partial charge in [-0.2, -0.15) is 0 Å². The molecule has 0 aromatic heterocycles. The third-order valence-corrected chi connectivity index (χ3v) is 4.27. The van der Waals surface area contributed by atoms with Gasteiger partial charge >= 0.3 is 0 Å². The van der Waals surface area contributed by atoms with Gasteiger partial charge in [0, 0.05) is 6.04 Å². The number of aryl methyl sites for hydroxylation is 1. The van der Waals surface area contributed by atoms with Gasteiger partial charge < -0.3 is 10.7 Å². The molecule has 1 saturated carbocycles.